The second-order valence-electron chi connectivity index (χ2n) is 5.16. The van der Waals surface area contributed by atoms with Crippen molar-refractivity contribution < 1.29 is 14.7 Å². The van der Waals surface area contributed by atoms with E-state index in [1.807, 2.05) is 23.8 Å². The van der Waals surface area contributed by atoms with E-state index >= 15 is 0 Å². The molecule has 6 heteroatoms. The molecule has 3 N–H and O–H groups in total. The zero-order valence-corrected chi connectivity index (χ0v) is 11.8. The summed E-state index contributed by atoms with van der Waals surface area (Å²) in [6.07, 6.45) is 1.70. The maximum atomic E-state index is 11.9. The van der Waals surface area contributed by atoms with Crippen molar-refractivity contribution >= 4 is 23.3 Å². The first kappa shape index (κ1) is 13.9. The number of hydrogen-bond donors (Lipinski definition) is 3. The van der Waals surface area contributed by atoms with Gasteiger partial charge in [-0.05, 0) is 55.0 Å². The third-order valence-corrected chi connectivity index (χ3v) is 4.30. The zero-order chi connectivity index (χ0) is 14.0. The largest absolute Gasteiger partial charge is 0.480 e. The van der Waals surface area contributed by atoms with E-state index in [0.29, 0.717) is 0 Å². The van der Waals surface area contributed by atoms with Crippen molar-refractivity contribution in [2.75, 3.05) is 0 Å². The topological polar surface area (TPSA) is 78.4 Å². The van der Waals surface area contributed by atoms with Crippen LogP contribution in [0.25, 0.3) is 0 Å². The molecule has 1 aromatic rings. The number of nitrogens with one attached hydrogen (secondary N) is 2. The van der Waals surface area contributed by atoms with E-state index in [9.17, 15) is 14.7 Å². The Labute approximate surface area is 116 Å². The van der Waals surface area contributed by atoms with Gasteiger partial charge in [-0.1, -0.05) is 0 Å². The van der Waals surface area contributed by atoms with Gasteiger partial charge in [0.15, 0.2) is 0 Å². The smallest absolute Gasteiger partial charge is 0.329 e. The molecule has 0 radical (unpaired) electrons. The lowest BCUT2D eigenvalue weighted by Gasteiger charge is -2.27. The van der Waals surface area contributed by atoms with Crippen LogP contribution in [0.1, 0.15) is 38.3 Å². The number of carboxylic acids is 1. The quantitative estimate of drug-likeness (QED) is 0.775. The molecule has 0 saturated heterocycles. The number of carbonyl (C=O) groups is 2. The monoisotopic (exact) mass is 282 g/mol. The third kappa shape index (κ3) is 3.07. The summed E-state index contributed by atoms with van der Waals surface area (Å²) in [7, 11) is 0. The summed E-state index contributed by atoms with van der Waals surface area (Å²) in [4.78, 5) is 23.2. The maximum Gasteiger partial charge on any atom is 0.329 e. The van der Waals surface area contributed by atoms with E-state index < -0.39 is 17.5 Å². The van der Waals surface area contributed by atoms with Crippen LogP contribution in [0.5, 0.6) is 0 Å². The molecule has 2 rings (SSSR count). The number of aliphatic carboxylic acids is 1. The van der Waals surface area contributed by atoms with Crippen molar-refractivity contribution in [1.29, 1.82) is 0 Å². The second-order valence-corrected chi connectivity index (χ2v) is 5.94. The van der Waals surface area contributed by atoms with Crippen molar-refractivity contribution in [3.05, 3.63) is 22.4 Å². The summed E-state index contributed by atoms with van der Waals surface area (Å²) in [6, 6.07) is 1.37. The van der Waals surface area contributed by atoms with Crippen molar-refractivity contribution in [2.45, 2.75) is 38.3 Å². The lowest BCUT2D eigenvalue weighted by atomic mass is 9.96. The molecule has 5 nitrogen and oxygen atoms in total. The first-order valence-corrected chi connectivity index (χ1v) is 7.22. The number of carbonyl (C=O) groups excluding carboxylic acids is 1. The molecule has 1 aliphatic rings. The highest BCUT2D eigenvalue weighted by Crippen LogP contribution is 2.39. The Hall–Kier alpha value is -1.56. The summed E-state index contributed by atoms with van der Waals surface area (Å²) in [5, 5.41) is 18.5. The lowest BCUT2D eigenvalue weighted by Crippen LogP contribution is -2.56. The van der Waals surface area contributed by atoms with E-state index in [-0.39, 0.29) is 12.0 Å². The molecule has 19 heavy (non-hydrogen) atoms. The van der Waals surface area contributed by atoms with Gasteiger partial charge in [-0.25, -0.2) is 9.59 Å². The number of urea groups is 1. The van der Waals surface area contributed by atoms with Gasteiger partial charge in [0.2, 0.25) is 0 Å². The maximum absolute atomic E-state index is 11.9. The molecule has 1 fully saturated rings. The predicted octanol–water partition coefficient (Wildman–Crippen LogP) is 2.36. The normalized spacial score (nSPS) is 19.3. The van der Waals surface area contributed by atoms with Crippen LogP contribution in [0.4, 0.5) is 4.79 Å². The van der Waals surface area contributed by atoms with Crippen LogP contribution in [-0.4, -0.2) is 22.6 Å². The van der Waals surface area contributed by atoms with E-state index in [4.69, 9.17) is 0 Å². The molecule has 2 atom stereocenters. The lowest BCUT2D eigenvalue weighted by molar-refractivity contribution is -0.144. The Morgan fingerprint density at radius 1 is 1.53 bits per heavy atom. The van der Waals surface area contributed by atoms with E-state index in [2.05, 4.69) is 10.6 Å². The molecule has 2 amide bonds. The van der Waals surface area contributed by atoms with Crippen LogP contribution in [0.3, 0.4) is 0 Å². The SMILES string of the molecule is CC(NC(=O)NC(C)(C(=O)O)C1CC1)c1ccsc1. The van der Waals surface area contributed by atoms with Gasteiger partial charge in [0.25, 0.3) is 0 Å². The van der Waals surface area contributed by atoms with E-state index in [1.54, 1.807) is 18.3 Å². The number of carboxylic acid groups (broad SMARTS) is 1. The summed E-state index contributed by atoms with van der Waals surface area (Å²) in [6.45, 7) is 3.44. The van der Waals surface area contributed by atoms with Crippen LogP contribution < -0.4 is 10.6 Å². The summed E-state index contributed by atoms with van der Waals surface area (Å²) >= 11 is 1.56. The molecule has 0 spiro atoms. The summed E-state index contributed by atoms with van der Waals surface area (Å²) in [5.74, 6) is -0.944. The average Bonchev–Trinajstić information content (AvgIpc) is 3.04. The molecule has 1 saturated carbocycles. The van der Waals surface area contributed by atoms with Crippen LogP contribution in [0, 0.1) is 5.92 Å². The van der Waals surface area contributed by atoms with Gasteiger partial charge in [0, 0.05) is 0 Å². The van der Waals surface area contributed by atoms with E-state index in [1.165, 1.54) is 0 Å². The van der Waals surface area contributed by atoms with Gasteiger partial charge in [-0.15, -0.1) is 0 Å². The highest BCUT2D eigenvalue weighted by Gasteiger charge is 2.48. The van der Waals surface area contributed by atoms with Gasteiger partial charge >= 0.3 is 12.0 Å². The minimum atomic E-state index is -1.17. The fourth-order valence-corrected chi connectivity index (χ4v) is 2.82. The molecular weight excluding hydrogens is 264 g/mol. The third-order valence-electron chi connectivity index (χ3n) is 3.60. The van der Waals surface area contributed by atoms with Gasteiger partial charge in [0.1, 0.15) is 5.54 Å². The Kier molecular flexibility index (Phi) is 3.80. The fourth-order valence-electron chi connectivity index (χ4n) is 2.06. The Balaban J connectivity index is 1.95. The van der Waals surface area contributed by atoms with Crippen LogP contribution in [0.15, 0.2) is 16.8 Å². The van der Waals surface area contributed by atoms with Crippen molar-refractivity contribution in [2.24, 2.45) is 5.92 Å². The van der Waals surface area contributed by atoms with Crippen LogP contribution in [0.2, 0.25) is 0 Å². The van der Waals surface area contributed by atoms with Crippen molar-refractivity contribution in [1.82, 2.24) is 10.6 Å². The van der Waals surface area contributed by atoms with Crippen molar-refractivity contribution in [3.63, 3.8) is 0 Å². The first-order chi connectivity index (χ1) is 8.93. The Bertz CT molecular complexity index is 470. The number of thiophene rings is 1. The Morgan fingerprint density at radius 3 is 2.68 bits per heavy atom. The standard InChI is InChI=1S/C13H18N2O3S/c1-8(9-5-6-19-7-9)14-12(18)15-13(2,11(16)17)10-3-4-10/h5-8,10H,3-4H2,1-2H3,(H,16,17)(H2,14,15,18). The molecule has 104 valence electrons. The second kappa shape index (κ2) is 5.21. The highest BCUT2D eigenvalue weighted by molar-refractivity contribution is 7.07. The zero-order valence-electron chi connectivity index (χ0n) is 11.0. The fraction of sp³-hybridized carbons (Fsp3) is 0.538. The first-order valence-electron chi connectivity index (χ1n) is 6.27. The average molecular weight is 282 g/mol. The Morgan fingerprint density at radius 2 is 2.21 bits per heavy atom. The molecule has 1 aromatic heterocycles. The van der Waals surface area contributed by atoms with Gasteiger partial charge in [-0.2, -0.15) is 11.3 Å². The van der Waals surface area contributed by atoms with Gasteiger partial charge < -0.3 is 15.7 Å². The molecule has 0 bridgehead atoms. The number of amides is 2. The predicted molar refractivity (Wildman–Crippen MR) is 73.2 cm³/mol. The number of rotatable bonds is 5. The van der Waals surface area contributed by atoms with Gasteiger partial charge in [0.05, 0.1) is 6.04 Å². The molecule has 2 unspecified atom stereocenters. The molecule has 1 aliphatic carbocycles. The van der Waals surface area contributed by atoms with Gasteiger partial charge in [-0.3, -0.25) is 0 Å². The summed E-state index contributed by atoms with van der Waals surface area (Å²) < 4.78 is 0. The highest BCUT2D eigenvalue weighted by atomic mass is 32.1. The van der Waals surface area contributed by atoms with Crippen molar-refractivity contribution in [3.8, 4) is 0 Å². The summed E-state index contributed by atoms with van der Waals surface area (Å²) in [5.41, 5.74) is -0.151. The minimum absolute atomic E-state index is 0.0344. The van der Waals surface area contributed by atoms with Crippen LogP contribution in [-0.2, 0) is 4.79 Å². The van der Waals surface area contributed by atoms with E-state index in [0.717, 1.165) is 18.4 Å². The number of hydrogen-bond acceptors (Lipinski definition) is 3. The molecular formula is C13H18N2O3S. The molecule has 0 aromatic carbocycles. The molecule has 0 aliphatic heterocycles. The minimum Gasteiger partial charge on any atom is -0.480 e. The molecule has 1 heterocycles. The van der Waals surface area contributed by atoms with Crippen LogP contribution >= 0.6 is 11.3 Å².